The minimum atomic E-state index is -0.217. The smallest absolute Gasteiger partial charge is 0.292 e. The largest absolute Gasteiger partial charge is 0.456 e. The number of piperidine rings is 1. The first kappa shape index (κ1) is 21.1. The lowest BCUT2D eigenvalue weighted by molar-refractivity contribution is 0.0339. The Morgan fingerprint density at radius 1 is 1.17 bits per heavy atom. The van der Waals surface area contributed by atoms with Gasteiger partial charge in [0.2, 0.25) is 0 Å². The van der Waals surface area contributed by atoms with Gasteiger partial charge in [-0.1, -0.05) is 13.8 Å². The Hall–Kier alpha value is -2.16. The molecule has 2 aromatic heterocycles. The van der Waals surface area contributed by atoms with E-state index in [1.807, 2.05) is 16.8 Å². The zero-order valence-corrected chi connectivity index (χ0v) is 18.1. The standard InChI is InChI=1S/C22H33N5O3/c1-3-19-17(16-26-11-13-29-14-12-26)15-20(30-19)22(28)24-21-5-8-23-27(21)18-6-9-25(4-2)10-7-18/h5,8,15,18H,3-4,6-7,9-14,16H2,1-2H3,(H,24,28). The van der Waals surface area contributed by atoms with Gasteiger partial charge in [0.25, 0.3) is 5.91 Å². The molecule has 0 unspecified atom stereocenters. The molecule has 0 radical (unpaired) electrons. The summed E-state index contributed by atoms with van der Waals surface area (Å²) in [6.45, 7) is 11.6. The fourth-order valence-electron chi connectivity index (χ4n) is 4.37. The maximum atomic E-state index is 12.9. The number of morpholine rings is 1. The number of nitrogens with zero attached hydrogens (tertiary/aromatic N) is 4. The van der Waals surface area contributed by atoms with Crippen molar-refractivity contribution >= 4 is 11.7 Å². The third kappa shape index (κ3) is 4.77. The maximum absolute atomic E-state index is 12.9. The first-order valence-electron chi connectivity index (χ1n) is 11.2. The van der Waals surface area contributed by atoms with Crippen LogP contribution in [0.15, 0.2) is 22.7 Å². The van der Waals surface area contributed by atoms with E-state index < -0.39 is 0 Å². The van der Waals surface area contributed by atoms with E-state index >= 15 is 0 Å². The fourth-order valence-corrected chi connectivity index (χ4v) is 4.37. The van der Waals surface area contributed by atoms with Gasteiger partial charge in [0.05, 0.1) is 25.5 Å². The Morgan fingerprint density at radius 3 is 2.63 bits per heavy atom. The molecule has 0 aromatic carbocycles. The molecule has 2 aliphatic rings. The summed E-state index contributed by atoms with van der Waals surface area (Å²) in [5.74, 6) is 1.76. The number of likely N-dealkylation sites (tertiary alicyclic amines) is 1. The minimum absolute atomic E-state index is 0.217. The molecule has 2 fully saturated rings. The SMILES string of the molecule is CCc1oc(C(=O)Nc2ccnn2C2CCN(CC)CC2)cc1CN1CCOCC1. The first-order chi connectivity index (χ1) is 14.7. The van der Waals surface area contributed by atoms with E-state index in [1.165, 1.54) is 0 Å². The fraction of sp³-hybridized carbons (Fsp3) is 0.636. The van der Waals surface area contributed by atoms with Crippen molar-refractivity contribution in [1.82, 2.24) is 19.6 Å². The lowest BCUT2D eigenvalue weighted by Gasteiger charge is -2.31. The summed E-state index contributed by atoms with van der Waals surface area (Å²) in [7, 11) is 0. The highest BCUT2D eigenvalue weighted by molar-refractivity contribution is 6.02. The van der Waals surface area contributed by atoms with Crippen LogP contribution in [0.1, 0.15) is 54.6 Å². The van der Waals surface area contributed by atoms with Gasteiger partial charge in [-0.2, -0.15) is 5.10 Å². The van der Waals surface area contributed by atoms with E-state index in [1.54, 1.807) is 6.20 Å². The monoisotopic (exact) mass is 415 g/mol. The summed E-state index contributed by atoms with van der Waals surface area (Å²) < 4.78 is 13.3. The highest BCUT2D eigenvalue weighted by Gasteiger charge is 2.24. The summed E-state index contributed by atoms with van der Waals surface area (Å²) in [6, 6.07) is 4.07. The number of ether oxygens (including phenoxy) is 1. The molecule has 2 aliphatic heterocycles. The number of rotatable bonds is 7. The quantitative estimate of drug-likeness (QED) is 0.749. The number of carbonyl (C=O) groups is 1. The summed E-state index contributed by atoms with van der Waals surface area (Å²) >= 11 is 0. The van der Waals surface area contributed by atoms with Gasteiger partial charge in [-0.25, -0.2) is 4.68 Å². The molecule has 4 rings (SSSR count). The molecule has 1 amide bonds. The highest BCUT2D eigenvalue weighted by atomic mass is 16.5. The predicted octanol–water partition coefficient (Wildman–Crippen LogP) is 2.78. The molecule has 8 nitrogen and oxygen atoms in total. The van der Waals surface area contributed by atoms with Crippen molar-refractivity contribution in [1.29, 1.82) is 0 Å². The molecule has 0 aliphatic carbocycles. The van der Waals surface area contributed by atoms with Gasteiger partial charge in [0.15, 0.2) is 5.76 Å². The number of amides is 1. The second-order valence-corrected chi connectivity index (χ2v) is 8.08. The number of anilines is 1. The van der Waals surface area contributed by atoms with Crippen LogP contribution in [0, 0.1) is 0 Å². The first-order valence-corrected chi connectivity index (χ1v) is 11.2. The molecule has 4 heterocycles. The van der Waals surface area contributed by atoms with E-state index in [0.29, 0.717) is 11.8 Å². The van der Waals surface area contributed by atoms with Gasteiger partial charge in [0.1, 0.15) is 11.6 Å². The van der Waals surface area contributed by atoms with E-state index in [9.17, 15) is 4.79 Å². The topological polar surface area (TPSA) is 75.8 Å². The normalized spacial score (nSPS) is 19.3. The second-order valence-electron chi connectivity index (χ2n) is 8.08. The lowest BCUT2D eigenvalue weighted by atomic mass is 10.1. The zero-order valence-electron chi connectivity index (χ0n) is 18.1. The number of aryl methyl sites for hydroxylation is 1. The maximum Gasteiger partial charge on any atom is 0.292 e. The van der Waals surface area contributed by atoms with Crippen molar-refractivity contribution < 1.29 is 13.9 Å². The predicted molar refractivity (Wildman–Crippen MR) is 115 cm³/mol. The number of carbonyl (C=O) groups excluding carboxylic acids is 1. The Balaban J connectivity index is 1.43. The summed E-state index contributed by atoms with van der Waals surface area (Å²) in [4.78, 5) is 17.7. The van der Waals surface area contributed by atoms with Gasteiger partial charge in [-0.05, 0) is 25.5 Å². The van der Waals surface area contributed by atoms with Crippen LogP contribution in [-0.2, 0) is 17.7 Å². The Labute approximate surface area is 178 Å². The molecular formula is C22H33N5O3. The average Bonchev–Trinajstić information content (AvgIpc) is 3.41. The van der Waals surface area contributed by atoms with E-state index in [-0.39, 0.29) is 5.91 Å². The Morgan fingerprint density at radius 2 is 1.93 bits per heavy atom. The average molecular weight is 416 g/mol. The van der Waals surface area contributed by atoms with Crippen molar-refractivity contribution in [3.8, 4) is 0 Å². The lowest BCUT2D eigenvalue weighted by Crippen LogP contribution is -2.35. The number of hydrogen-bond acceptors (Lipinski definition) is 6. The van der Waals surface area contributed by atoms with Crippen LogP contribution in [0.4, 0.5) is 5.82 Å². The van der Waals surface area contributed by atoms with Gasteiger partial charge in [-0.15, -0.1) is 0 Å². The minimum Gasteiger partial charge on any atom is -0.456 e. The zero-order chi connectivity index (χ0) is 20.9. The van der Waals surface area contributed by atoms with Crippen LogP contribution >= 0.6 is 0 Å². The van der Waals surface area contributed by atoms with Crippen molar-refractivity contribution in [2.45, 2.75) is 45.7 Å². The molecule has 8 heteroatoms. The summed E-state index contributed by atoms with van der Waals surface area (Å²) in [5.41, 5.74) is 1.09. The van der Waals surface area contributed by atoms with Gasteiger partial charge in [0, 0.05) is 50.8 Å². The third-order valence-corrected chi connectivity index (χ3v) is 6.20. The number of hydrogen-bond donors (Lipinski definition) is 1. The van der Waals surface area contributed by atoms with Crippen molar-refractivity contribution in [3.05, 3.63) is 35.4 Å². The molecular weight excluding hydrogens is 382 g/mol. The number of nitrogens with one attached hydrogen (secondary N) is 1. The van der Waals surface area contributed by atoms with Crippen molar-refractivity contribution in [3.63, 3.8) is 0 Å². The molecule has 30 heavy (non-hydrogen) atoms. The second kappa shape index (κ2) is 9.76. The van der Waals surface area contributed by atoms with Gasteiger partial charge < -0.3 is 19.4 Å². The molecule has 0 saturated carbocycles. The molecule has 2 aromatic rings. The van der Waals surface area contributed by atoms with Crippen LogP contribution < -0.4 is 5.32 Å². The molecule has 0 spiro atoms. The van der Waals surface area contributed by atoms with Gasteiger partial charge in [-0.3, -0.25) is 9.69 Å². The number of aromatic nitrogens is 2. The molecule has 0 bridgehead atoms. The summed E-state index contributed by atoms with van der Waals surface area (Å²) in [5, 5.41) is 7.51. The molecule has 1 N–H and O–H groups in total. The summed E-state index contributed by atoms with van der Waals surface area (Å²) in [6.07, 6.45) is 4.61. The van der Waals surface area contributed by atoms with Crippen molar-refractivity contribution in [2.24, 2.45) is 0 Å². The van der Waals surface area contributed by atoms with Gasteiger partial charge >= 0.3 is 0 Å². The molecule has 2 saturated heterocycles. The van der Waals surface area contributed by atoms with E-state index in [4.69, 9.17) is 9.15 Å². The third-order valence-electron chi connectivity index (χ3n) is 6.20. The van der Waals surface area contributed by atoms with E-state index in [2.05, 4.69) is 34.1 Å². The van der Waals surface area contributed by atoms with Crippen LogP contribution in [0.5, 0.6) is 0 Å². The van der Waals surface area contributed by atoms with Crippen LogP contribution in [-0.4, -0.2) is 71.4 Å². The van der Waals surface area contributed by atoms with Crippen LogP contribution in [0.2, 0.25) is 0 Å². The Bertz CT molecular complexity index is 832. The molecule has 0 atom stereocenters. The highest BCUT2D eigenvalue weighted by Crippen LogP contribution is 2.26. The number of furan rings is 1. The Kier molecular flexibility index (Phi) is 6.86. The van der Waals surface area contributed by atoms with Crippen molar-refractivity contribution in [2.75, 3.05) is 51.3 Å². The van der Waals surface area contributed by atoms with Crippen LogP contribution in [0.3, 0.4) is 0 Å². The van der Waals surface area contributed by atoms with Crippen LogP contribution in [0.25, 0.3) is 0 Å². The van der Waals surface area contributed by atoms with E-state index in [0.717, 1.165) is 88.9 Å². The molecule has 164 valence electrons.